The molecule has 0 atom stereocenters. The van der Waals surface area contributed by atoms with Crippen LogP contribution in [0.5, 0.6) is 0 Å². The molecule has 0 saturated carbocycles. The van der Waals surface area contributed by atoms with Gasteiger partial charge in [0.1, 0.15) is 0 Å². The van der Waals surface area contributed by atoms with Crippen LogP contribution in [0, 0.1) is 12.3 Å². The van der Waals surface area contributed by atoms with Crippen LogP contribution in [0.3, 0.4) is 0 Å². The maximum absolute atomic E-state index is 12.5. The molecule has 1 aromatic rings. The average molecular weight is 422 g/mol. The van der Waals surface area contributed by atoms with Gasteiger partial charge in [0.25, 0.3) is 10.1 Å². The van der Waals surface area contributed by atoms with Crippen molar-refractivity contribution in [1.29, 1.82) is 0 Å². The van der Waals surface area contributed by atoms with E-state index < -0.39 is 15.5 Å². The summed E-state index contributed by atoms with van der Waals surface area (Å²) in [6, 6.07) is 6.25. The molecule has 0 fully saturated rings. The van der Waals surface area contributed by atoms with Gasteiger partial charge in [-0.25, -0.2) is 0 Å². The Bertz CT molecular complexity index is 604. The van der Waals surface area contributed by atoms with Crippen LogP contribution in [0.25, 0.3) is 0 Å². The minimum Gasteiger partial charge on any atom is -0.394 e. The summed E-state index contributed by atoms with van der Waals surface area (Å²) in [4.78, 5) is 0.0239. The van der Waals surface area contributed by atoms with E-state index >= 15 is 0 Å². The van der Waals surface area contributed by atoms with E-state index in [9.17, 15) is 8.42 Å². The Labute approximate surface area is 165 Å². The number of hydrogen-bond acceptors (Lipinski definition) is 9. The van der Waals surface area contributed by atoms with Gasteiger partial charge in [0, 0.05) is 0 Å². The van der Waals surface area contributed by atoms with Crippen molar-refractivity contribution < 1.29 is 42.1 Å². The van der Waals surface area contributed by atoms with Crippen molar-refractivity contribution >= 4 is 10.1 Å². The van der Waals surface area contributed by atoms with Crippen molar-refractivity contribution in [3.8, 4) is 0 Å². The third-order valence-corrected chi connectivity index (χ3v) is 5.04. The molecule has 162 valence electrons. The highest BCUT2D eigenvalue weighted by atomic mass is 32.2. The highest BCUT2D eigenvalue weighted by Gasteiger charge is 2.35. The third-order valence-electron chi connectivity index (χ3n) is 3.76. The van der Waals surface area contributed by atoms with E-state index in [1.807, 2.05) is 6.92 Å². The quantitative estimate of drug-likeness (QED) is 0.243. The van der Waals surface area contributed by atoms with E-state index in [4.69, 9.17) is 33.7 Å². The van der Waals surface area contributed by atoms with Gasteiger partial charge in [0.2, 0.25) is 0 Å². The molecule has 0 amide bonds. The number of aryl methyl sites for hydroxylation is 1. The molecule has 1 rings (SSSR count). The zero-order valence-corrected chi connectivity index (χ0v) is 16.9. The van der Waals surface area contributed by atoms with E-state index in [-0.39, 0.29) is 71.0 Å². The Morgan fingerprint density at radius 1 is 0.786 bits per heavy atom. The fourth-order valence-corrected chi connectivity index (χ4v) is 3.30. The van der Waals surface area contributed by atoms with Crippen molar-refractivity contribution in [2.45, 2.75) is 11.8 Å². The fourth-order valence-electron chi connectivity index (χ4n) is 2.29. The van der Waals surface area contributed by atoms with Crippen molar-refractivity contribution in [1.82, 2.24) is 0 Å². The zero-order chi connectivity index (χ0) is 20.9. The lowest BCUT2D eigenvalue weighted by Crippen LogP contribution is -2.43. The largest absolute Gasteiger partial charge is 0.394 e. The summed E-state index contributed by atoms with van der Waals surface area (Å²) in [6.07, 6.45) is 0. The number of benzene rings is 1. The maximum Gasteiger partial charge on any atom is 0.296 e. The fraction of sp³-hybridized carbons (Fsp3) is 0.667. The standard InChI is InChI=1S/C18H30O9S/c1-16-2-4-17(5-3-16)28(22,23)27-15-18(12-24-9-6-19,13-25-10-7-20)14-26-11-8-21/h2-5,19-21H,6-15H2,1H3. The lowest BCUT2D eigenvalue weighted by molar-refractivity contribution is -0.0958. The van der Waals surface area contributed by atoms with Crippen LogP contribution in [0.1, 0.15) is 5.56 Å². The second kappa shape index (κ2) is 13.2. The molecule has 0 aliphatic rings. The lowest BCUT2D eigenvalue weighted by Gasteiger charge is -2.32. The Hall–Kier alpha value is -1.11. The molecule has 1 aromatic carbocycles. The summed E-state index contributed by atoms with van der Waals surface area (Å²) in [5.74, 6) is 0. The van der Waals surface area contributed by atoms with E-state index in [0.29, 0.717) is 0 Å². The second-order valence-electron chi connectivity index (χ2n) is 6.36. The molecular formula is C18H30O9S. The molecule has 0 bridgehead atoms. The van der Waals surface area contributed by atoms with E-state index in [1.165, 1.54) is 12.1 Å². The lowest BCUT2D eigenvalue weighted by atomic mass is 9.92. The summed E-state index contributed by atoms with van der Waals surface area (Å²) in [5, 5.41) is 26.8. The van der Waals surface area contributed by atoms with E-state index in [1.54, 1.807) is 12.1 Å². The van der Waals surface area contributed by atoms with Crippen LogP contribution in [0.4, 0.5) is 0 Å². The van der Waals surface area contributed by atoms with Gasteiger partial charge in [-0.15, -0.1) is 0 Å². The van der Waals surface area contributed by atoms with Crippen LogP contribution in [0.2, 0.25) is 0 Å². The summed E-state index contributed by atoms with van der Waals surface area (Å²) >= 11 is 0. The minimum absolute atomic E-state index is 0.00612. The smallest absolute Gasteiger partial charge is 0.296 e. The van der Waals surface area contributed by atoms with Gasteiger partial charge in [-0.3, -0.25) is 4.18 Å². The zero-order valence-electron chi connectivity index (χ0n) is 16.1. The normalized spacial score (nSPS) is 12.4. The van der Waals surface area contributed by atoms with Gasteiger partial charge in [-0.05, 0) is 19.1 Å². The molecule has 0 aromatic heterocycles. The van der Waals surface area contributed by atoms with Crippen LogP contribution in [-0.4, -0.2) is 89.8 Å². The molecule has 0 radical (unpaired) electrons. The molecule has 9 nitrogen and oxygen atoms in total. The first kappa shape index (κ1) is 24.9. The molecule has 28 heavy (non-hydrogen) atoms. The predicted molar refractivity (Wildman–Crippen MR) is 100 cm³/mol. The monoisotopic (exact) mass is 422 g/mol. The number of aliphatic hydroxyl groups excluding tert-OH is 3. The third kappa shape index (κ3) is 8.93. The average Bonchev–Trinajstić information content (AvgIpc) is 2.67. The van der Waals surface area contributed by atoms with E-state index in [0.717, 1.165) is 5.56 Å². The molecule has 3 N–H and O–H groups in total. The van der Waals surface area contributed by atoms with Crippen LogP contribution < -0.4 is 0 Å². The predicted octanol–water partition coefficient (Wildman–Crippen LogP) is -0.287. The molecular weight excluding hydrogens is 392 g/mol. The summed E-state index contributed by atoms with van der Waals surface area (Å²) in [7, 11) is -4.02. The van der Waals surface area contributed by atoms with Crippen LogP contribution in [-0.2, 0) is 28.5 Å². The highest BCUT2D eigenvalue weighted by molar-refractivity contribution is 7.86. The molecule has 0 aliphatic carbocycles. The number of hydrogen-bond donors (Lipinski definition) is 3. The molecule has 10 heteroatoms. The Morgan fingerprint density at radius 2 is 1.21 bits per heavy atom. The van der Waals surface area contributed by atoms with E-state index in [2.05, 4.69) is 0 Å². The first-order chi connectivity index (χ1) is 13.4. The van der Waals surface area contributed by atoms with Crippen LogP contribution in [0.15, 0.2) is 29.2 Å². The van der Waals surface area contributed by atoms with Gasteiger partial charge >= 0.3 is 0 Å². The van der Waals surface area contributed by atoms with Crippen molar-refractivity contribution in [2.75, 3.05) is 66.1 Å². The highest BCUT2D eigenvalue weighted by Crippen LogP contribution is 2.24. The first-order valence-corrected chi connectivity index (χ1v) is 10.3. The Kier molecular flexibility index (Phi) is 11.7. The molecule has 0 spiro atoms. The van der Waals surface area contributed by atoms with Crippen molar-refractivity contribution in [3.05, 3.63) is 29.8 Å². The van der Waals surface area contributed by atoms with Crippen molar-refractivity contribution in [3.63, 3.8) is 0 Å². The molecule has 0 aliphatic heterocycles. The number of ether oxygens (including phenoxy) is 3. The van der Waals surface area contributed by atoms with Gasteiger partial charge in [0.15, 0.2) is 0 Å². The Morgan fingerprint density at radius 3 is 1.61 bits per heavy atom. The molecule has 0 heterocycles. The molecule has 0 unspecified atom stereocenters. The van der Waals surface area contributed by atoms with Gasteiger partial charge in [-0.2, -0.15) is 8.42 Å². The summed E-state index contributed by atoms with van der Waals surface area (Å²) < 4.78 is 46.4. The van der Waals surface area contributed by atoms with Gasteiger partial charge < -0.3 is 29.5 Å². The summed E-state index contributed by atoms with van der Waals surface area (Å²) in [6.45, 7) is 1.07. The van der Waals surface area contributed by atoms with Gasteiger partial charge in [-0.1, -0.05) is 17.7 Å². The van der Waals surface area contributed by atoms with Crippen molar-refractivity contribution in [2.24, 2.45) is 5.41 Å². The Balaban J connectivity index is 2.93. The number of rotatable bonds is 16. The summed E-state index contributed by atoms with van der Waals surface area (Å²) in [5.41, 5.74) is -0.0995. The molecule has 0 saturated heterocycles. The SMILES string of the molecule is Cc1ccc(S(=O)(=O)OCC(COCCO)(COCCO)COCCO)cc1. The maximum atomic E-state index is 12.5. The topological polar surface area (TPSA) is 132 Å². The number of aliphatic hydroxyl groups is 3. The van der Waals surface area contributed by atoms with Gasteiger partial charge in [0.05, 0.1) is 76.4 Å². The second-order valence-corrected chi connectivity index (χ2v) is 7.97. The minimum atomic E-state index is -4.02. The van der Waals surface area contributed by atoms with Crippen LogP contribution >= 0.6 is 0 Å². The first-order valence-electron chi connectivity index (χ1n) is 8.91.